The van der Waals surface area contributed by atoms with Crippen molar-refractivity contribution >= 4 is 5.97 Å². The normalized spacial score (nSPS) is 20.3. The van der Waals surface area contributed by atoms with E-state index in [1.54, 1.807) is 0 Å². The Labute approximate surface area is 137 Å². The van der Waals surface area contributed by atoms with E-state index in [4.69, 9.17) is 4.74 Å². The molecule has 0 N–H and O–H groups in total. The van der Waals surface area contributed by atoms with Crippen molar-refractivity contribution < 1.29 is 9.53 Å². The van der Waals surface area contributed by atoms with E-state index in [-0.39, 0.29) is 5.97 Å². The SMILES string of the molecule is Cc1ccc2c(c1)CC(CCN(C)C)(c1ccccc1)OC2=O. The van der Waals surface area contributed by atoms with E-state index in [2.05, 4.69) is 30.0 Å². The molecular formula is C20H23NO2. The quantitative estimate of drug-likeness (QED) is 0.809. The first kappa shape index (κ1) is 15.8. The molecule has 0 aliphatic carbocycles. The summed E-state index contributed by atoms with van der Waals surface area (Å²) in [4.78, 5) is 14.7. The molecule has 2 aromatic rings. The second kappa shape index (κ2) is 6.17. The molecule has 3 heteroatoms. The van der Waals surface area contributed by atoms with Crippen molar-refractivity contribution in [2.75, 3.05) is 20.6 Å². The van der Waals surface area contributed by atoms with Crippen LogP contribution in [-0.4, -0.2) is 31.5 Å². The van der Waals surface area contributed by atoms with Crippen LogP contribution in [-0.2, 0) is 16.8 Å². The second-order valence-electron chi connectivity index (χ2n) is 6.64. The molecule has 23 heavy (non-hydrogen) atoms. The zero-order valence-corrected chi connectivity index (χ0v) is 14.0. The number of cyclic esters (lactones) is 1. The number of aryl methyl sites for hydroxylation is 1. The van der Waals surface area contributed by atoms with E-state index in [1.165, 1.54) is 5.56 Å². The average Bonchev–Trinajstić information content (AvgIpc) is 2.53. The van der Waals surface area contributed by atoms with E-state index in [0.29, 0.717) is 5.56 Å². The fourth-order valence-electron chi connectivity index (χ4n) is 3.23. The lowest BCUT2D eigenvalue weighted by molar-refractivity contribution is -0.0355. The molecule has 0 saturated heterocycles. The van der Waals surface area contributed by atoms with Crippen molar-refractivity contribution in [1.29, 1.82) is 0 Å². The molecule has 2 aromatic carbocycles. The summed E-state index contributed by atoms with van der Waals surface area (Å²) < 4.78 is 6.01. The van der Waals surface area contributed by atoms with Crippen LogP contribution in [0.2, 0.25) is 0 Å². The van der Waals surface area contributed by atoms with Gasteiger partial charge in [0, 0.05) is 19.4 Å². The lowest BCUT2D eigenvalue weighted by Gasteiger charge is -2.39. The summed E-state index contributed by atoms with van der Waals surface area (Å²) >= 11 is 0. The van der Waals surface area contributed by atoms with Gasteiger partial charge in [-0.3, -0.25) is 0 Å². The smallest absolute Gasteiger partial charge is 0.339 e. The summed E-state index contributed by atoms with van der Waals surface area (Å²) in [6.07, 6.45) is 1.51. The van der Waals surface area contributed by atoms with Crippen LogP contribution in [0.15, 0.2) is 48.5 Å². The number of fused-ring (bicyclic) bond motifs is 1. The third-order valence-corrected chi connectivity index (χ3v) is 4.51. The number of hydrogen-bond donors (Lipinski definition) is 0. The first-order valence-electron chi connectivity index (χ1n) is 8.03. The fraction of sp³-hybridized carbons (Fsp3) is 0.350. The third-order valence-electron chi connectivity index (χ3n) is 4.51. The minimum atomic E-state index is -0.580. The summed E-state index contributed by atoms with van der Waals surface area (Å²) in [6, 6.07) is 16.1. The van der Waals surface area contributed by atoms with E-state index in [9.17, 15) is 4.79 Å². The maximum Gasteiger partial charge on any atom is 0.339 e. The van der Waals surface area contributed by atoms with Crippen LogP contribution in [0.1, 0.15) is 33.5 Å². The highest BCUT2D eigenvalue weighted by molar-refractivity contribution is 5.92. The molecule has 1 aliphatic heterocycles. The lowest BCUT2D eigenvalue weighted by Crippen LogP contribution is -2.41. The highest BCUT2D eigenvalue weighted by Crippen LogP contribution is 2.39. The highest BCUT2D eigenvalue weighted by Gasteiger charge is 2.41. The van der Waals surface area contributed by atoms with Crippen molar-refractivity contribution in [2.24, 2.45) is 0 Å². The summed E-state index contributed by atoms with van der Waals surface area (Å²) in [5.41, 5.74) is 3.45. The highest BCUT2D eigenvalue weighted by atomic mass is 16.6. The molecule has 0 radical (unpaired) electrons. The first-order chi connectivity index (χ1) is 11.0. The molecule has 1 unspecified atom stereocenters. The molecule has 0 spiro atoms. The maximum absolute atomic E-state index is 12.6. The predicted octanol–water partition coefficient (Wildman–Crippen LogP) is 3.56. The number of rotatable bonds is 4. The summed E-state index contributed by atoms with van der Waals surface area (Å²) in [5.74, 6) is -0.214. The Morgan fingerprint density at radius 1 is 1.13 bits per heavy atom. The predicted molar refractivity (Wildman–Crippen MR) is 91.6 cm³/mol. The fourth-order valence-corrected chi connectivity index (χ4v) is 3.23. The van der Waals surface area contributed by atoms with Crippen LogP contribution < -0.4 is 0 Å². The van der Waals surface area contributed by atoms with E-state index in [1.807, 2.05) is 44.4 Å². The molecule has 0 fully saturated rings. The van der Waals surface area contributed by atoms with Gasteiger partial charge in [-0.25, -0.2) is 4.79 Å². The molecule has 1 aliphatic rings. The van der Waals surface area contributed by atoms with Crippen LogP contribution in [0, 0.1) is 6.92 Å². The molecule has 0 aromatic heterocycles. The van der Waals surface area contributed by atoms with Gasteiger partial charge in [0.2, 0.25) is 0 Å². The molecule has 0 amide bonds. The standard InChI is InChI=1S/C20H23NO2/c1-15-9-10-18-16(13-15)14-20(23-19(18)22,11-12-21(2)3)17-7-5-4-6-8-17/h4-10,13H,11-12,14H2,1-3H3. The van der Waals surface area contributed by atoms with Gasteiger partial charge in [0.1, 0.15) is 5.60 Å². The minimum absolute atomic E-state index is 0.214. The van der Waals surface area contributed by atoms with Gasteiger partial charge in [-0.15, -0.1) is 0 Å². The third kappa shape index (κ3) is 3.15. The van der Waals surface area contributed by atoms with Crippen LogP contribution >= 0.6 is 0 Å². The van der Waals surface area contributed by atoms with Gasteiger partial charge in [-0.2, -0.15) is 0 Å². The Balaban J connectivity index is 2.05. The van der Waals surface area contributed by atoms with Crippen LogP contribution in [0.4, 0.5) is 0 Å². The first-order valence-corrected chi connectivity index (χ1v) is 8.03. The number of carbonyl (C=O) groups is 1. The van der Waals surface area contributed by atoms with E-state index < -0.39 is 5.60 Å². The molecule has 3 rings (SSSR count). The Morgan fingerprint density at radius 2 is 1.87 bits per heavy atom. The zero-order chi connectivity index (χ0) is 16.4. The Kier molecular flexibility index (Phi) is 4.22. The molecule has 1 atom stereocenters. The molecule has 120 valence electrons. The summed E-state index contributed by atoms with van der Waals surface area (Å²) in [7, 11) is 4.09. The van der Waals surface area contributed by atoms with E-state index >= 15 is 0 Å². The maximum atomic E-state index is 12.6. The largest absolute Gasteiger partial charge is 0.450 e. The molecule has 3 nitrogen and oxygen atoms in total. The van der Waals surface area contributed by atoms with Crippen molar-refractivity contribution in [3.63, 3.8) is 0 Å². The van der Waals surface area contributed by atoms with Gasteiger partial charge >= 0.3 is 5.97 Å². The minimum Gasteiger partial charge on any atom is -0.450 e. The number of esters is 1. The Bertz CT molecular complexity index is 709. The molecule has 0 bridgehead atoms. The molecule has 0 saturated carbocycles. The summed E-state index contributed by atoms with van der Waals surface area (Å²) in [5, 5.41) is 0. The monoisotopic (exact) mass is 309 g/mol. The number of hydrogen-bond acceptors (Lipinski definition) is 3. The number of benzene rings is 2. The second-order valence-corrected chi connectivity index (χ2v) is 6.64. The van der Waals surface area contributed by atoms with Gasteiger partial charge < -0.3 is 9.64 Å². The van der Waals surface area contributed by atoms with Crippen molar-refractivity contribution in [2.45, 2.75) is 25.4 Å². The van der Waals surface area contributed by atoms with Crippen molar-refractivity contribution in [1.82, 2.24) is 4.90 Å². The topological polar surface area (TPSA) is 29.5 Å². The van der Waals surface area contributed by atoms with Gasteiger partial charge in [-0.1, -0.05) is 48.0 Å². The average molecular weight is 309 g/mol. The van der Waals surface area contributed by atoms with E-state index in [0.717, 1.165) is 30.5 Å². The number of ether oxygens (including phenoxy) is 1. The lowest BCUT2D eigenvalue weighted by atomic mass is 9.80. The Morgan fingerprint density at radius 3 is 2.57 bits per heavy atom. The van der Waals surface area contributed by atoms with Crippen LogP contribution in [0.25, 0.3) is 0 Å². The number of nitrogens with zero attached hydrogens (tertiary/aromatic N) is 1. The molecular weight excluding hydrogens is 286 g/mol. The van der Waals surface area contributed by atoms with Crippen LogP contribution in [0.5, 0.6) is 0 Å². The Hall–Kier alpha value is -2.13. The summed E-state index contributed by atoms with van der Waals surface area (Å²) in [6.45, 7) is 2.92. The van der Waals surface area contributed by atoms with Crippen molar-refractivity contribution in [3.8, 4) is 0 Å². The number of carbonyl (C=O) groups excluding carboxylic acids is 1. The zero-order valence-electron chi connectivity index (χ0n) is 14.0. The van der Waals surface area contributed by atoms with Crippen LogP contribution in [0.3, 0.4) is 0 Å². The molecule has 1 heterocycles. The van der Waals surface area contributed by atoms with Gasteiger partial charge in [0.05, 0.1) is 5.56 Å². The van der Waals surface area contributed by atoms with Gasteiger partial charge in [0.25, 0.3) is 0 Å². The van der Waals surface area contributed by atoms with Gasteiger partial charge in [0.15, 0.2) is 0 Å². The van der Waals surface area contributed by atoms with Crippen molar-refractivity contribution in [3.05, 3.63) is 70.8 Å². The van der Waals surface area contributed by atoms with Gasteiger partial charge in [-0.05, 0) is 38.2 Å².